The van der Waals surface area contributed by atoms with Crippen LogP contribution in [-0.4, -0.2) is 52.9 Å². The van der Waals surface area contributed by atoms with Crippen molar-refractivity contribution in [3.05, 3.63) is 64.7 Å². The zero-order valence-corrected chi connectivity index (χ0v) is 18.4. The van der Waals surface area contributed by atoms with Crippen LogP contribution in [0.15, 0.2) is 42.5 Å². The topological polar surface area (TPSA) is 56.4 Å². The van der Waals surface area contributed by atoms with E-state index in [0.29, 0.717) is 13.1 Å². The number of carbonyl (C=O) groups excluding carboxylic acids is 1. The quantitative estimate of drug-likeness (QED) is 0.532. The summed E-state index contributed by atoms with van der Waals surface area (Å²) in [7, 11) is 3.72. The number of hydrogen-bond acceptors (Lipinski definition) is 3. The Balaban J connectivity index is 1.43. The molecule has 1 aliphatic rings. The fourth-order valence-corrected chi connectivity index (χ4v) is 3.87. The molecule has 0 aliphatic carbocycles. The third-order valence-electron chi connectivity index (χ3n) is 5.56. The highest BCUT2D eigenvalue weighted by Gasteiger charge is 2.15. The fourth-order valence-electron chi connectivity index (χ4n) is 3.87. The summed E-state index contributed by atoms with van der Waals surface area (Å²) in [5.41, 5.74) is 4.78. The zero-order chi connectivity index (χ0) is 21.3. The van der Waals surface area contributed by atoms with Gasteiger partial charge in [0.05, 0.1) is 27.4 Å². The van der Waals surface area contributed by atoms with Gasteiger partial charge in [-0.15, -0.1) is 0 Å². The molecule has 1 amide bonds. The molecule has 3 N–H and O–H groups in total. The molecule has 1 saturated heterocycles. The van der Waals surface area contributed by atoms with E-state index in [2.05, 4.69) is 42.6 Å². The molecule has 1 unspecified atom stereocenters. The second-order valence-corrected chi connectivity index (χ2v) is 8.26. The van der Waals surface area contributed by atoms with Gasteiger partial charge in [-0.1, -0.05) is 35.9 Å². The predicted molar refractivity (Wildman–Crippen MR) is 117 cm³/mol. The molecule has 162 valence electrons. The van der Waals surface area contributed by atoms with E-state index in [1.165, 1.54) is 11.1 Å². The maximum atomic E-state index is 12.4. The Labute approximate surface area is 179 Å². The third-order valence-corrected chi connectivity index (χ3v) is 5.56. The van der Waals surface area contributed by atoms with Crippen LogP contribution >= 0.6 is 0 Å². The van der Waals surface area contributed by atoms with E-state index >= 15 is 0 Å². The van der Waals surface area contributed by atoms with E-state index in [-0.39, 0.29) is 5.91 Å². The molecule has 6 nitrogen and oxygen atoms in total. The van der Waals surface area contributed by atoms with Gasteiger partial charge in [0, 0.05) is 17.7 Å². The Bertz CT molecular complexity index is 817. The lowest BCUT2D eigenvalue weighted by Crippen LogP contribution is -3.12. The van der Waals surface area contributed by atoms with Crippen LogP contribution in [-0.2, 0) is 29.2 Å². The van der Waals surface area contributed by atoms with Gasteiger partial charge >= 0.3 is 0 Å². The molecule has 0 spiro atoms. The number of aryl methyl sites for hydroxylation is 1. The van der Waals surface area contributed by atoms with Gasteiger partial charge < -0.3 is 24.6 Å². The smallest absolute Gasteiger partial charge is 0.275 e. The number of ether oxygens (including phenoxy) is 2. The summed E-state index contributed by atoms with van der Waals surface area (Å²) in [6, 6.07) is 14.7. The van der Waals surface area contributed by atoms with Gasteiger partial charge in [-0.3, -0.25) is 4.79 Å². The van der Waals surface area contributed by atoms with Gasteiger partial charge in [0.1, 0.15) is 31.9 Å². The first kappa shape index (κ1) is 22.3. The first-order valence-corrected chi connectivity index (χ1v) is 10.7. The van der Waals surface area contributed by atoms with Crippen LogP contribution in [0.3, 0.4) is 0 Å². The monoisotopic (exact) mass is 413 g/mol. The molecule has 0 saturated carbocycles. The first-order valence-electron chi connectivity index (χ1n) is 10.7. The number of likely N-dealkylation sites (N-methyl/N-ethyl adjacent to an activating group) is 1. The van der Waals surface area contributed by atoms with Gasteiger partial charge in [0.25, 0.3) is 5.91 Å². The van der Waals surface area contributed by atoms with Gasteiger partial charge in [-0.25, -0.2) is 0 Å². The summed E-state index contributed by atoms with van der Waals surface area (Å²) < 4.78 is 10.9. The number of methoxy groups -OCH3 is 1. The first-order chi connectivity index (χ1) is 14.5. The van der Waals surface area contributed by atoms with Crippen LogP contribution in [0, 0.1) is 6.92 Å². The second kappa shape index (κ2) is 11.1. The summed E-state index contributed by atoms with van der Waals surface area (Å²) in [6.45, 7) is 8.69. The summed E-state index contributed by atoms with van der Waals surface area (Å²) in [6.07, 6.45) is 0. The average molecular weight is 414 g/mol. The molecule has 1 fully saturated rings. The highest BCUT2D eigenvalue weighted by molar-refractivity contribution is 5.76. The fraction of sp³-hybridized carbons (Fsp3) is 0.458. The predicted octanol–water partition coefficient (Wildman–Crippen LogP) is -0.250. The minimum absolute atomic E-state index is 0.0564. The summed E-state index contributed by atoms with van der Waals surface area (Å²) >= 11 is 0. The molecular formula is C24H35N3O3+2. The van der Waals surface area contributed by atoms with E-state index in [1.54, 1.807) is 12.0 Å². The number of nitrogens with one attached hydrogen (secondary N) is 3. The molecule has 0 aromatic heterocycles. The SMILES string of the molecule is COc1ccc(C)cc1C[NH+](C)CC(=O)NCc1ccc(C[NH+]2CCOCC2)cc1. The van der Waals surface area contributed by atoms with Crippen LogP contribution in [0.1, 0.15) is 22.3 Å². The Morgan fingerprint density at radius 2 is 1.83 bits per heavy atom. The molecule has 3 rings (SSSR count). The number of quaternary nitrogens is 2. The van der Waals surface area contributed by atoms with Crippen molar-refractivity contribution in [2.75, 3.05) is 47.0 Å². The molecule has 1 aliphatic heterocycles. The molecule has 30 heavy (non-hydrogen) atoms. The number of carbonyl (C=O) groups is 1. The van der Waals surface area contributed by atoms with Crippen molar-refractivity contribution < 1.29 is 24.1 Å². The second-order valence-electron chi connectivity index (χ2n) is 8.26. The van der Waals surface area contributed by atoms with E-state index < -0.39 is 0 Å². The lowest BCUT2D eigenvalue weighted by Gasteiger charge is -2.23. The summed E-state index contributed by atoms with van der Waals surface area (Å²) in [5.74, 6) is 0.931. The van der Waals surface area contributed by atoms with E-state index in [1.807, 2.05) is 19.2 Å². The van der Waals surface area contributed by atoms with Crippen molar-refractivity contribution in [1.82, 2.24) is 5.32 Å². The molecule has 2 aromatic rings. The van der Waals surface area contributed by atoms with Crippen molar-refractivity contribution in [3.8, 4) is 5.75 Å². The van der Waals surface area contributed by atoms with Crippen molar-refractivity contribution in [1.29, 1.82) is 0 Å². The van der Waals surface area contributed by atoms with Gasteiger partial charge in [-0.2, -0.15) is 0 Å². The number of amides is 1. The van der Waals surface area contributed by atoms with E-state index in [9.17, 15) is 4.79 Å². The highest BCUT2D eigenvalue weighted by atomic mass is 16.5. The average Bonchev–Trinajstić information content (AvgIpc) is 2.74. The molecule has 6 heteroatoms. The normalized spacial score (nSPS) is 15.6. The third kappa shape index (κ3) is 6.83. The van der Waals surface area contributed by atoms with Crippen LogP contribution in [0.2, 0.25) is 0 Å². The van der Waals surface area contributed by atoms with Crippen LogP contribution in [0.5, 0.6) is 5.75 Å². The van der Waals surface area contributed by atoms with Crippen LogP contribution in [0.4, 0.5) is 0 Å². The largest absolute Gasteiger partial charge is 0.496 e. The lowest BCUT2D eigenvalue weighted by atomic mass is 10.1. The Morgan fingerprint density at radius 3 is 2.53 bits per heavy atom. The van der Waals surface area contributed by atoms with Crippen molar-refractivity contribution >= 4 is 5.91 Å². The maximum absolute atomic E-state index is 12.4. The van der Waals surface area contributed by atoms with Crippen molar-refractivity contribution in [2.24, 2.45) is 0 Å². The minimum atomic E-state index is 0.0564. The number of hydrogen-bond donors (Lipinski definition) is 3. The Hall–Kier alpha value is -2.41. The maximum Gasteiger partial charge on any atom is 0.275 e. The zero-order valence-electron chi connectivity index (χ0n) is 18.4. The molecular weight excluding hydrogens is 378 g/mol. The molecule has 0 bridgehead atoms. The molecule has 1 heterocycles. The highest BCUT2D eigenvalue weighted by Crippen LogP contribution is 2.18. The summed E-state index contributed by atoms with van der Waals surface area (Å²) in [5, 5.41) is 3.04. The van der Waals surface area contributed by atoms with E-state index in [4.69, 9.17) is 9.47 Å². The van der Waals surface area contributed by atoms with Crippen LogP contribution < -0.4 is 19.9 Å². The molecule has 1 atom stereocenters. The Morgan fingerprint density at radius 1 is 1.13 bits per heavy atom. The lowest BCUT2D eigenvalue weighted by molar-refractivity contribution is -0.921. The van der Waals surface area contributed by atoms with Gasteiger partial charge in [-0.05, 0) is 24.6 Å². The van der Waals surface area contributed by atoms with E-state index in [0.717, 1.165) is 61.2 Å². The number of rotatable bonds is 9. The summed E-state index contributed by atoms with van der Waals surface area (Å²) in [4.78, 5) is 15.1. The Kier molecular flexibility index (Phi) is 8.25. The van der Waals surface area contributed by atoms with Gasteiger partial charge in [0.15, 0.2) is 6.54 Å². The molecule has 2 aromatic carbocycles. The van der Waals surface area contributed by atoms with Crippen molar-refractivity contribution in [3.63, 3.8) is 0 Å². The van der Waals surface area contributed by atoms with Crippen molar-refractivity contribution in [2.45, 2.75) is 26.6 Å². The van der Waals surface area contributed by atoms with Gasteiger partial charge in [0.2, 0.25) is 0 Å². The minimum Gasteiger partial charge on any atom is -0.496 e. The standard InChI is InChI=1S/C24H33N3O3/c1-19-4-9-23(29-3)22(14-19)17-26(2)18-24(28)25-15-20-5-7-21(8-6-20)16-27-10-12-30-13-11-27/h4-9,14H,10-13,15-18H2,1-3H3,(H,25,28)/p+2. The number of benzene rings is 2. The number of morpholine rings is 1. The molecule has 0 radical (unpaired) electrons. The van der Waals surface area contributed by atoms with Crippen LogP contribution in [0.25, 0.3) is 0 Å².